The second-order valence-corrected chi connectivity index (χ2v) is 3.80. The fourth-order valence-electron chi connectivity index (χ4n) is 1.72. The topological polar surface area (TPSA) is 46.0 Å². The van der Waals surface area contributed by atoms with Crippen molar-refractivity contribution >= 4 is 11.1 Å². The molecule has 2 aromatic rings. The van der Waals surface area contributed by atoms with Gasteiger partial charge in [0.05, 0.1) is 5.52 Å². The van der Waals surface area contributed by atoms with E-state index in [-0.39, 0.29) is 5.76 Å². The lowest BCUT2D eigenvalue weighted by Gasteiger charge is -1.99. The average molecular weight is 205 g/mol. The molecule has 1 N–H and O–H groups in total. The quantitative estimate of drug-likeness (QED) is 0.780. The molecule has 15 heavy (non-hydrogen) atoms. The molecular weight excluding hydrogens is 190 g/mol. The number of aryl methyl sites for hydroxylation is 1. The highest BCUT2D eigenvalue weighted by Crippen LogP contribution is 2.14. The smallest absolute Gasteiger partial charge is 0.408 e. The lowest BCUT2D eigenvalue weighted by molar-refractivity contribution is 0.555. The summed E-state index contributed by atoms with van der Waals surface area (Å²) < 4.78 is 5.00. The van der Waals surface area contributed by atoms with Gasteiger partial charge in [-0.1, -0.05) is 25.8 Å². The Kier molecular flexibility index (Phi) is 2.90. The Morgan fingerprint density at radius 3 is 3.00 bits per heavy atom. The van der Waals surface area contributed by atoms with Crippen LogP contribution in [0.2, 0.25) is 0 Å². The monoisotopic (exact) mass is 205 g/mol. The summed E-state index contributed by atoms with van der Waals surface area (Å²) in [5.41, 5.74) is 2.67. The third kappa shape index (κ3) is 2.29. The zero-order chi connectivity index (χ0) is 10.7. The molecule has 0 unspecified atom stereocenters. The first-order valence-electron chi connectivity index (χ1n) is 5.41. The van der Waals surface area contributed by atoms with Crippen LogP contribution < -0.4 is 5.76 Å². The van der Waals surface area contributed by atoms with Crippen LogP contribution in [0.25, 0.3) is 11.1 Å². The standard InChI is InChI=1S/C12H15NO2/c1-2-3-4-5-9-6-7-10-11(8-9)15-12(14)13-10/h6-8H,2-5H2,1H3,(H,13,14). The van der Waals surface area contributed by atoms with Gasteiger partial charge in [-0.15, -0.1) is 0 Å². The van der Waals surface area contributed by atoms with E-state index in [9.17, 15) is 4.79 Å². The molecule has 80 valence electrons. The maximum atomic E-state index is 10.9. The number of nitrogens with one attached hydrogen (secondary N) is 1. The van der Waals surface area contributed by atoms with Gasteiger partial charge in [0, 0.05) is 0 Å². The number of hydrogen-bond acceptors (Lipinski definition) is 2. The molecule has 0 radical (unpaired) electrons. The van der Waals surface area contributed by atoms with Gasteiger partial charge in [0.2, 0.25) is 0 Å². The van der Waals surface area contributed by atoms with E-state index in [4.69, 9.17) is 4.42 Å². The first kappa shape index (κ1) is 10.0. The molecule has 0 amide bonds. The highest BCUT2D eigenvalue weighted by Gasteiger charge is 2.01. The van der Waals surface area contributed by atoms with Crippen LogP contribution in [-0.4, -0.2) is 4.98 Å². The van der Waals surface area contributed by atoms with Crippen LogP contribution >= 0.6 is 0 Å². The third-order valence-corrected chi connectivity index (χ3v) is 2.55. The number of oxazole rings is 1. The number of benzene rings is 1. The van der Waals surface area contributed by atoms with Gasteiger partial charge in [-0.05, 0) is 30.5 Å². The van der Waals surface area contributed by atoms with E-state index in [1.54, 1.807) is 0 Å². The van der Waals surface area contributed by atoms with Crippen LogP contribution in [-0.2, 0) is 6.42 Å². The number of aromatic nitrogens is 1. The van der Waals surface area contributed by atoms with Gasteiger partial charge in [0.1, 0.15) is 0 Å². The Hall–Kier alpha value is -1.51. The molecule has 0 atom stereocenters. The Bertz CT molecular complexity index is 496. The van der Waals surface area contributed by atoms with Crippen LogP contribution in [0.1, 0.15) is 31.7 Å². The van der Waals surface area contributed by atoms with Crippen molar-refractivity contribution in [2.75, 3.05) is 0 Å². The maximum absolute atomic E-state index is 10.9. The number of rotatable bonds is 4. The van der Waals surface area contributed by atoms with Crippen LogP contribution in [0.3, 0.4) is 0 Å². The summed E-state index contributed by atoms with van der Waals surface area (Å²) in [6.07, 6.45) is 4.71. The Morgan fingerprint density at radius 2 is 2.20 bits per heavy atom. The fraction of sp³-hybridized carbons (Fsp3) is 0.417. The van der Waals surface area contributed by atoms with Crippen molar-refractivity contribution in [3.05, 3.63) is 34.3 Å². The SMILES string of the molecule is CCCCCc1ccc2[nH]c(=O)oc2c1. The number of aromatic amines is 1. The van der Waals surface area contributed by atoms with Crippen molar-refractivity contribution in [2.45, 2.75) is 32.6 Å². The molecule has 0 aliphatic heterocycles. The van der Waals surface area contributed by atoms with E-state index >= 15 is 0 Å². The largest absolute Gasteiger partial charge is 0.417 e. The van der Waals surface area contributed by atoms with Gasteiger partial charge < -0.3 is 4.42 Å². The Labute approximate surface area is 88.1 Å². The molecule has 1 heterocycles. The molecule has 3 heteroatoms. The molecule has 3 nitrogen and oxygen atoms in total. The lowest BCUT2D eigenvalue weighted by Crippen LogP contribution is -1.92. The minimum absolute atomic E-state index is 0.379. The highest BCUT2D eigenvalue weighted by molar-refractivity contribution is 5.72. The van der Waals surface area contributed by atoms with E-state index < -0.39 is 0 Å². The molecule has 0 saturated heterocycles. The number of hydrogen-bond donors (Lipinski definition) is 1. The van der Waals surface area contributed by atoms with E-state index in [1.807, 2.05) is 18.2 Å². The average Bonchev–Trinajstić information content (AvgIpc) is 2.57. The van der Waals surface area contributed by atoms with Crippen molar-refractivity contribution in [2.24, 2.45) is 0 Å². The van der Waals surface area contributed by atoms with Gasteiger partial charge in [0.15, 0.2) is 5.58 Å². The molecule has 0 fully saturated rings. The minimum Gasteiger partial charge on any atom is -0.408 e. The van der Waals surface area contributed by atoms with Crippen LogP contribution in [0.15, 0.2) is 27.4 Å². The zero-order valence-electron chi connectivity index (χ0n) is 8.88. The summed E-state index contributed by atoms with van der Waals surface area (Å²) in [7, 11) is 0. The lowest BCUT2D eigenvalue weighted by atomic mass is 10.1. The molecule has 0 saturated carbocycles. The Balaban J connectivity index is 2.19. The molecule has 0 aliphatic rings. The predicted octanol–water partition coefficient (Wildman–Crippen LogP) is 2.85. The molecule has 1 aromatic carbocycles. The van der Waals surface area contributed by atoms with Crippen molar-refractivity contribution in [3.63, 3.8) is 0 Å². The van der Waals surface area contributed by atoms with E-state index in [2.05, 4.69) is 11.9 Å². The second kappa shape index (κ2) is 4.34. The second-order valence-electron chi connectivity index (χ2n) is 3.80. The van der Waals surface area contributed by atoms with Crippen LogP contribution in [0, 0.1) is 0 Å². The summed E-state index contributed by atoms with van der Waals surface area (Å²) >= 11 is 0. The number of fused-ring (bicyclic) bond motifs is 1. The fourth-order valence-corrected chi connectivity index (χ4v) is 1.72. The maximum Gasteiger partial charge on any atom is 0.417 e. The summed E-state index contributed by atoms with van der Waals surface area (Å²) in [5, 5.41) is 0. The normalized spacial score (nSPS) is 11.0. The van der Waals surface area contributed by atoms with E-state index in [0.29, 0.717) is 5.58 Å². The molecule has 0 bridgehead atoms. The summed E-state index contributed by atoms with van der Waals surface area (Å²) in [6.45, 7) is 2.19. The molecule has 0 spiro atoms. The van der Waals surface area contributed by atoms with Gasteiger partial charge in [0.25, 0.3) is 0 Å². The van der Waals surface area contributed by atoms with Crippen molar-refractivity contribution in [1.82, 2.24) is 4.98 Å². The van der Waals surface area contributed by atoms with Crippen molar-refractivity contribution in [1.29, 1.82) is 0 Å². The van der Waals surface area contributed by atoms with Gasteiger partial charge >= 0.3 is 5.76 Å². The van der Waals surface area contributed by atoms with Gasteiger partial charge in [-0.3, -0.25) is 4.98 Å². The van der Waals surface area contributed by atoms with E-state index in [0.717, 1.165) is 11.9 Å². The van der Waals surface area contributed by atoms with E-state index in [1.165, 1.54) is 24.8 Å². The first-order valence-corrected chi connectivity index (χ1v) is 5.41. The van der Waals surface area contributed by atoms with Gasteiger partial charge in [-0.2, -0.15) is 0 Å². The minimum atomic E-state index is -0.379. The first-order chi connectivity index (χ1) is 7.29. The number of unbranched alkanes of at least 4 members (excludes halogenated alkanes) is 2. The predicted molar refractivity (Wildman–Crippen MR) is 60.1 cm³/mol. The summed E-state index contributed by atoms with van der Waals surface area (Å²) in [6, 6.07) is 5.90. The summed E-state index contributed by atoms with van der Waals surface area (Å²) in [4.78, 5) is 13.6. The molecule has 0 aliphatic carbocycles. The zero-order valence-corrected chi connectivity index (χ0v) is 8.88. The number of H-pyrrole nitrogens is 1. The molecular formula is C12H15NO2. The van der Waals surface area contributed by atoms with Crippen LogP contribution in [0.5, 0.6) is 0 Å². The van der Waals surface area contributed by atoms with Crippen LogP contribution in [0.4, 0.5) is 0 Å². The third-order valence-electron chi connectivity index (χ3n) is 2.55. The summed E-state index contributed by atoms with van der Waals surface area (Å²) in [5.74, 6) is -0.379. The Morgan fingerprint density at radius 1 is 1.33 bits per heavy atom. The molecule has 2 rings (SSSR count). The van der Waals surface area contributed by atoms with Crippen molar-refractivity contribution in [3.8, 4) is 0 Å². The highest BCUT2D eigenvalue weighted by atomic mass is 16.4. The molecule has 1 aromatic heterocycles. The van der Waals surface area contributed by atoms with Crippen molar-refractivity contribution < 1.29 is 4.42 Å². The van der Waals surface area contributed by atoms with Gasteiger partial charge in [-0.25, -0.2) is 4.79 Å².